The summed E-state index contributed by atoms with van der Waals surface area (Å²) in [6.45, 7) is 8.35. The molecule has 0 aliphatic rings. The fourth-order valence-corrected chi connectivity index (χ4v) is 1.17. The minimum Gasteiger partial charge on any atom is -0.363 e. The van der Waals surface area contributed by atoms with E-state index in [-0.39, 0.29) is 0 Å². The maximum atomic E-state index is 4.39. The van der Waals surface area contributed by atoms with Gasteiger partial charge in [-0.2, -0.15) is 0 Å². The van der Waals surface area contributed by atoms with Crippen LogP contribution >= 0.6 is 0 Å². The molecule has 76 valence electrons. The number of hydrogen-bond donors (Lipinski definition) is 0. The van der Waals surface area contributed by atoms with Gasteiger partial charge < -0.3 is 4.90 Å². The zero-order valence-electron chi connectivity index (χ0n) is 9.20. The average Bonchev–Trinajstić information content (AvgIpc) is 2.22. The highest BCUT2D eigenvalue weighted by molar-refractivity contribution is 5.61. The predicted octanol–water partition coefficient (Wildman–Crippen LogP) is 3.00. The molecule has 1 aromatic rings. The third-order valence-electron chi connectivity index (χ3n) is 2.22. The summed E-state index contributed by atoms with van der Waals surface area (Å²) >= 11 is 0. The van der Waals surface area contributed by atoms with E-state index in [1.165, 1.54) is 5.56 Å². The molecule has 0 aromatic heterocycles. The van der Waals surface area contributed by atoms with Crippen LogP contribution in [0.3, 0.4) is 0 Å². The van der Waals surface area contributed by atoms with Gasteiger partial charge in [-0.05, 0) is 32.9 Å². The second-order valence-corrected chi connectivity index (χ2v) is 3.30. The summed E-state index contributed by atoms with van der Waals surface area (Å²) in [6, 6.07) is 8.23. The topological polar surface area (TPSA) is 15.6 Å². The van der Waals surface area contributed by atoms with Crippen molar-refractivity contribution in [3.8, 4) is 0 Å². The summed E-state index contributed by atoms with van der Waals surface area (Å²) in [7, 11) is 0. The van der Waals surface area contributed by atoms with Gasteiger partial charge in [-0.1, -0.05) is 17.7 Å². The van der Waals surface area contributed by atoms with Crippen LogP contribution in [0.5, 0.6) is 0 Å². The van der Waals surface area contributed by atoms with Crippen LogP contribution in [-0.4, -0.2) is 24.3 Å². The third kappa shape index (κ3) is 3.21. The van der Waals surface area contributed by atoms with Gasteiger partial charge in [0.25, 0.3) is 0 Å². The smallest absolute Gasteiger partial charge is 0.0912 e. The van der Waals surface area contributed by atoms with Crippen molar-refractivity contribution in [1.29, 1.82) is 0 Å². The van der Waals surface area contributed by atoms with Crippen LogP contribution in [0, 0.1) is 6.92 Å². The van der Waals surface area contributed by atoms with Gasteiger partial charge in [0.15, 0.2) is 0 Å². The Morgan fingerprint density at radius 2 is 1.71 bits per heavy atom. The van der Waals surface area contributed by atoms with Crippen LogP contribution < -0.4 is 0 Å². The summed E-state index contributed by atoms with van der Waals surface area (Å²) < 4.78 is 0. The molecular formula is C12H18N2. The predicted molar refractivity (Wildman–Crippen MR) is 62.3 cm³/mol. The van der Waals surface area contributed by atoms with Crippen molar-refractivity contribution in [3.05, 3.63) is 29.8 Å². The summed E-state index contributed by atoms with van der Waals surface area (Å²) in [6.07, 6.45) is 1.91. The molecule has 0 fully saturated rings. The normalized spacial score (nSPS) is 10.8. The number of benzene rings is 1. The Kier molecular flexibility index (Phi) is 4.17. The van der Waals surface area contributed by atoms with Crippen molar-refractivity contribution in [1.82, 2.24) is 4.90 Å². The van der Waals surface area contributed by atoms with Crippen LogP contribution in [0.2, 0.25) is 0 Å². The molecule has 1 rings (SSSR count). The Bertz CT molecular complexity index is 284. The van der Waals surface area contributed by atoms with Gasteiger partial charge in [-0.15, -0.1) is 0 Å². The first-order valence-electron chi connectivity index (χ1n) is 5.11. The monoisotopic (exact) mass is 190 g/mol. The molecule has 0 saturated carbocycles. The molecule has 1 aromatic carbocycles. The second kappa shape index (κ2) is 5.43. The molecule has 0 aliphatic carbocycles. The number of aliphatic imine (C=N–C) groups is 1. The number of rotatable bonds is 4. The molecule has 2 nitrogen and oxygen atoms in total. The van der Waals surface area contributed by atoms with Crippen LogP contribution in [-0.2, 0) is 0 Å². The minimum atomic E-state index is 1.01. The standard InChI is InChI=1S/C12H18N2/c1-4-14(5-2)10-13-12-8-6-11(3)7-9-12/h6-10H,4-5H2,1-3H3. The lowest BCUT2D eigenvalue weighted by Crippen LogP contribution is -2.20. The van der Waals surface area contributed by atoms with E-state index in [0.717, 1.165) is 18.8 Å². The maximum Gasteiger partial charge on any atom is 0.0912 e. The van der Waals surface area contributed by atoms with Crippen molar-refractivity contribution in [2.24, 2.45) is 4.99 Å². The Labute approximate surface area is 86.3 Å². The molecule has 0 radical (unpaired) electrons. The third-order valence-corrected chi connectivity index (χ3v) is 2.22. The molecule has 0 amide bonds. The van der Waals surface area contributed by atoms with Crippen LogP contribution in [0.4, 0.5) is 5.69 Å². The molecule has 0 aliphatic heterocycles. The van der Waals surface area contributed by atoms with Crippen molar-refractivity contribution in [2.45, 2.75) is 20.8 Å². The summed E-state index contributed by atoms with van der Waals surface area (Å²) in [5.74, 6) is 0. The SMILES string of the molecule is CCN(C=Nc1ccc(C)cc1)CC. The maximum absolute atomic E-state index is 4.39. The summed E-state index contributed by atoms with van der Waals surface area (Å²) in [5, 5.41) is 0. The van der Waals surface area contributed by atoms with E-state index in [9.17, 15) is 0 Å². The minimum absolute atomic E-state index is 1.01. The van der Waals surface area contributed by atoms with E-state index in [0.29, 0.717) is 0 Å². The largest absolute Gasteiger partial charge is 0.363 e. The first-order valence-corrected chi connectivity index (χ1v) is 5.11. The lowest BCUT2D eigenvalue weighted by molar-refractivity contribution is 0.480. The van der Waals surface area contributed by atoms with E-state index in [4.69, 9.17) is 0 Å². The lowest BCUT2D eigenvalue weighted by atomic mass is 10.2. The fourth-order valence-electron chi connectivity index (χ4n) is 1.17. The molecule has 0 atom stereocenters. The summed E-state index contributed by atoms with van der Waals surface area (Å²) in [5.41, 5.74) is 2.29. The number of aryl methyl sites for hydroxylation is 1. The molecule has 0 N–H and O–H groups in total. The van der Waals surface area contributed by atoms with E-state index >= 15 is 0 Å². The van der Waals surface area contributed by atoms with E-state index in [1.807, 2.05) is 18.5 Å². The summed E-state index contributed by atoms with van der Waals surface area (Å²) in [4.78, 5) is 6.56. The molecule has 0 unspecified atom stereocenters. The molecule has 0 bridgehead atoms. The van der Waals surface area contributed by atoms with Crippen LogP contribution in [0.1, 0.15) is 19.4 Å². The average molecular weight is 190 g/mol. The lowest BCUT2D eigenvalue weighted by Gasteiger charge is -2.13. The zero-order valence-corrected chi connectivity index (χ0v) is 9.20. The Hall–Kier alpha value is -1.31. The molecule has 0 spiro atoms. The number of nitrogens with zero attached hydrogens (tertiary/aromatic N) is 2. The number of hydrogen-bond acceptors (Lipinski definition) is 1. The molecule has 0 saturated heterocycles. The van der Waals surface area contributed by atoms with E-state index < -0.39 is 0 Å². The van der Waals surface area contributed by atoms with Gasteiger partial charge in [0.1, 0.15) is 0 Å². The van der Waals surface area contributed by atoms with Crippen molar-refractivity contribution in [3.63, 3.8) is 0 Å². The second-order valence-electron chi connectivity index (χ2n) is 3.30. The Balaban J connectivity index is 2.63. The van der Waals surface area contributed by atoms with Crippen molar-refractivity contribution < 1.29 is 0 Å². The fraction of sp³-hybridized carbons (Fsp3) is 0.417. The molecule has 2 heteroatoms. The van der Waals surface area contributed by atoms with E-state index in [1.54, 1.807) is 0 Å². The quantitative estimate of drug-likeness (QED) is 0.526. The van der Waals surface area contributed by atoms with Crippen LogP contribution in [0.15, 0.2) is 29.3 Å². The van der Waals surface area contributed by atoms with Gasteiger partial charge in [0.2, 0.25) is 0 Å². The van der Waals surface area contributed by atoms with Gasteiger partial charge >= 0.3 is 0 Å². The molecule has 14 heavy (non-hydrogen) atoms. The van der Waals surface area contributed by atoms with Gasteiger partial charge in [0.05, 0.1) is 12.0 Å². The highest BCUT2D eigenvalue weighted by Crippen LogP contribution is 2.11. The van der Waals surface area contributed by atoms with Gasteiger partial charge in [0, 0.05) is 13.1 Å². The molecule has 0 heterocycles. The highest BCUT2D eigenvalue weighted by Gasteiger charge is 1.91. The first kappa shape index (κ1) is 10.8. The van der Waals surface area contributed by atoms with Crippen molar-refractivity contribution in [2.75, 3.05) is 13.1 Å². The molecular weight excluding hydrogens is 172 g/mol. The van der Waals surface area contributed by atoms with Gasteiger partial charge in [-0.25, -0.2) is 4.99 Å². The Morgan fingerprint density at radius 3 is 2.21 bits per heavy atom. The van der Waals surface area contributed by atoms with Crippen molar-refractivity contribution >= 4 is 12.0 Å². The van der Waals surface area contributed by atoms with Crippen LogP contribution in [0.25, 0.3) is 0 Å². The van der Waals surface area contributed by atoms with Gasteiger partial charge in [-0.3, -0.25) is 0 Å². The highest BCUT2D eigenvalue weighted by atomic mass is 15.1. The Morgan fingerprint density at radius 1 is 1.14 bits per heavy atom. The zero-order chi connectivity index (χ0) is 10.4. The first-order chi connectivity index (χ1) is 6.76. The van der Waals surface area contributed by atoms with E-state index in [2.05, 4.69) is 42.8 Å².